The first-order chi connectivity index (χ1) is 13.6. The Hall–Kier alpha value is -3.24. The lowest BCUT2D eigenvalue weighted by Gasteiger charge is -2.33. The molecule has 3 rings (SSSR count). The minimum Gasteiger partial charge on any atom is -0.459 e. The average molecular weight is 399 g/mol. The normalized spacial score (nSPS) is 14.5. The maximum absolute atomic E-state index is 12.3. The van der Waals surface area contributed by atoms with Gasteiger partial charge in [0.1, 0.15) is 11.6 Å². The van der Waals surface area contributed by atoms with Gasteiger partial charge >= 0.3 is 0 Å². The van der Waals surface area contributed by atoms with Crippen molar-refractivity contribution in [3.8, 4) is 6.07 Å². The van der Waals surface area contributed by atoms with Crippen molar-refractivity contribution >= 4 is 23.4 Å². The number of carbonyl (C=O) groups is 2. The van der Waals surface area contributed by atoms with Crippen LogP contribution in [0.5, 0.6) is 0 Å². The van der Waals surface area contributed by atoms with Crippen LogP contribution in [0.3, 0.4) is 0 Å². The van der Waals surface area contributed by atoms with Gasteiger partial charge in [-0.2, -0.15) is 5.26 Å². The van der Waals surface area contributed by atoms with Crippen LogP contribution in [0.25, 0.3) is 0 Å². The topological polar surface area (TPSA) is 89.6 Å². The molecular formula is C20H19ClN4O3. The zero-order chi connectivity index (χ0) is 19.9. The van der Waals surface area contributed by atoms with Gasteiger partial charge in [-0.1, -0.05) is 23.7 Å². The molecule has 0 atom stereocenters. The monoisotopic (exact) mass is 398 g/mol. The standard InChI is InChI=1S/C20H19ClN4O3/c21-17-5-3-15(4-6-17)13-23-19(26)16(12-22)14-24-7-9-25(10-8-24)20(27)18-2-1-11-28-18/h1-6,11,14H,7-10,13H2,(H,23,26)/b16-14-. The number of amides is 2. The van der Waals surface area contributed by atoms with Crippen LogP contribution in [-0.4, -0.2) is 47.8 Å². The highest BCUT2D eigenvalue weighted by Gasteiger charge is 2.23. The van der Waals surface area contributed by atoms with Crippen LogP contribution >= 0.6 is 11.6 Å². The fourth-order valence-electron chi connectivity index (χ4n) is 2.81. The second-order valence-corrected chi connectivity index (χ2v) is 6.71. The molecule has 1 aliphatic heterocycles. The first-order valence-electron chi connectivity index (χ1n) is 8.78. The third kappa shape index (κ3) is 4.93. The lowest BCUT2D eigenvalue weighted by molar-refractivity contribution is -0.117. The summed E-state index contributed by atoms with van der Waals surface area (Å²) in [6.07, 6.45) is 3.01. The number of rotatable bonds is 5. The van der Waals surface area contributed by atoms with Crippen LogP contribution in [0.15, 0.2) is 58.9 Å². The van der Waals surface area contributed by atoms with Crippen LogP contribution in [0.4, 0.5) is 0 Å². The van der Waals surface area contributed by atoms with Crippen molar-refractivity contribution in [1.82, 2.24) is 15.1 Å². The van der Waals surface area contributed by atoms with Crippen molar-refractivity contribution in [2.45, 2.75) is 6.54 Å². The fourth-order valence-corrected chi connectivity index (χ4v) is 2.94. The number of hydrogen-bond donors (Lipinski definition) is 1. The lowest BCUT2D eigenvalue weighted by Crippen LogP contribution is -2.47. The molecule has 1 fully saturated rings. The predicted octanol–water partition coefficient (Wildman–Crippen LogP) is 2.41. The smallest absolute Gasteiger partial charge is 0.289 e. The summed E-state index contributed by atoms with van der Waals surface area (Å²) in [6, 6.07) is 12.4. The van der Waals surface area contributed by atoms with Crippen molar-refractivity contribution in [2.24, 2.45) is 0 Å². The second-order valence-electron chi connectivity index (χ2n) is 6.27. The molecule has 144 valence electrons. The molecule has 1 saturated heterocycles. The van der Waals surface area contributed by atoms with Gasteiger partial charge in [-0.25, -0.2) is 0 Å². The van der Waals surface area contributed by atoms with Gasteiger partial charge in [0.05, 0.1) is 6.26 Å². The number of hydrogen-bond acceptors (Lipinski definition) is 5. The van der Waals surface area contributed by atoms with Crippen molar-refractivity contribution in [3.05, 3.63) is 70.8 Å². The summed E-state index contributed by atoms with van der Waals surface area (Å²) in [7, 11) is 0. The molecule has 0 bridgehead atoms. The number of carbonyl (C=O) groups excluding carboxylic acids is 2. The summed E-state index contributed by atoms with van der Waals surface area (Å²) in [5.41, 5.74) is 0.917. The zero-order valence-corrected chi connectivity index (χ0v) is 15.9. The summed E-state index contributed by atoms with van der Waals surface area (Å²) in [4.78, 5) is 28.1. The molecular weight excluding hydrogens is 380 g/mol. The number of nitrogens with one attached hydrogen (secondary N) is 1. The molecule has 0 spiro atoms. The van der Waals surface area contributed by atoms with Crippen LogP contribution in [-0.2, 0) is 11.3 Å². The van der Waals surface area contributed by atoms with Gasteiger partial charge in [-0.05, 0) is 29.8 Å². The van der Waals surface area contributed by atoms with E-state index >= 15 is 0 Å². The van der Waals surface area contributed by atoms with Gasteiger partial charge in [0.15, 0.2) is 5.76 Å². The SMILES string of the molecule is N#C/C(=C/N1CCN(C(=O)c2ccco2)CC1)C(=O)NCc1ccc(Cl)cc1. The van der Waals surface area contributed by atoms with Gasteiger partial charge in [0.2, 0.25) is 0 Å². The fraction of sp³-hybridized carbons (Fsp3) is 0.250. The van der Waals surface area contributed by atoms with Crippen LogP contribution in [0, 0.1) is 11.3 Å². The van der Waals surface area contributed by atoms with Gasteiger partial charge in [-0.15, -0.1) is 0 Å². The first kappa shape index (κ1) is 19.5. The molecule has 1 aromatic heterocycles. The Bertz CT molecular complexity index is 893. The molecule has 0 aliphatic carbocycles. The maximum atomic E-state index is 12.3. The Balaban J connectivity index is 1.53. The van der Waals surface area contributed by atoms with E-state index in [2.05, 4.69) is 5.32 Å². The Morgan fingerprint density at radius 3 is 2.50 bits per heavy atom. The van der Waals surface area contributed by atoms with Crippen LogP contribution in [0.2, 0.25) is 5.02 Å². The minimum atomic E-state index is -0.438. The molecule has 0 radical (unpaired) electrons. The average Bonchev–Trinajstić information content (AvgIpc) is 3.26. The summed E-state index contributed by atoms with van der Waals surface area (Å²) in [6.45, 7) is 2.34. The van der Waals surface area contributed by atoms with E-state index < -0.39 is 5.91 Å². The first-order valence-corrected chi connectivity index (χ1v) is 9.16. The molecule has 1 aliphatic rings. The summed E-state index contributed by atoms with van der Waals surface area (Å²) in [5, 5.41) is 12.7. The predicted molar refractivity (Wildman–Crippen MR) is 103 cm³/mol. The van der Waals surface area contributed by atoms with Gasteiger partial charge < -0.3 is 19.5 Å². The number of nitrogens with zero attached hydrogens (tertiary/aromatic N) is 3. The molecule has 0 saturated carbocycles. The zero-order valence-electron chi connectivity index (χ0n) is 15.1. The van der Waals surface area contributed by atoms with E-state index in [1.165, 1.54) is 6.26 Å². The summed E-state index contributed by atoms with van der Waals surface area (Å²) < 4.78 is 5.14. The van der Waals surface area contributed by atoms with E-state index in [1.54, 1.807) is 35.4 Å². The molecule has 7 nitrogen and oxygen atoms in total. The highest BCUT2D eigenvalue weighted by Crippen LogP contribution is 2.11. The lowest BCUT2D eigenvalue weighted by atomic mass is 10.2. The van der Waals surface area contributed by atoms with Crippen molar-refractivity contribution in [2.75, 3.05) is 26.2 Å². The van der Waals surface area contributed by atoms with E-state index in [9.17, 15) is 14.9 Å². The van der Waals surface area contributed by atoms with E-state index in [0.29, 0.717) is 43.5 Å². The minimum absolute atomic E-state index is 0.0276. The Labute approximate surface area is 167 Å². The van der Waals surface area contributed by atoms with Crippen molar-refractivity contribution in [3.63, 3.8) is 0 Å². The van der Waals surface area contributed by atoms with Crippen molar-refractivity contribution in [1.29, 1.82) is 5.26 Å². The molecule has 2 aromatic rings. The largest absolute Gasteiger partial charge is 0.459 e. The second kappa shape index (κ2) is 9.11. The Morgan fingerprint density at radius 1 is 1.18 bits per heavy atom. The molecule has 2 amide bonds. The molecule has 28 heavy (non-hydrogen) atoms. The molecule has 0 unspecified atom stereocenters. The number of piperazine rings is 1. The number of benzene rings is 1. The van der Waals surface area contributed by atoms with E-state index in [0.717, 1.165) is 5.56 Å². The number of nitriles is 1. The van der Waals surface area contributed by atoms with Crippen molar-refractivity contribution < 1.29 is 14.0 Å². The molecule has 1 aromatic carbocycles. The quantitative estimate of drug-likeness (QED) is 0.617. The Morgan fingerprint density at radius 2 is 1.89 bits per heavy atom. The van der Waals surface area contributed by atoms with Crippen LogP contribution in [0.1, 0.15) is 16.1 Å². The summed E-state index contributed by atoms with van der Waals surface area (Å²) in [5.74, 6) is -0.287. The molecule has 2 heterocycles. The Kier molecular flexibility index (Phi) is 6.35. The van der Waals surface area contributed by atoms with Gasteiger partial charge in [0.25, 0.3) is 11.8 Å². The summed E-state index contributed by atoms with van der Waals surface area (Å²) >= 11 is 5.84. The van der Waals surface area contributed by atoms with Crippen LogP contribution < -0.4 is 5.32 Å². The van der Waals surface area contributed by atoms with E-state index in [4.69, 9.17) is 16.0 Å². The van der Waals surface area contributed by atoms with Gasteiger partial charge in [-0.3, -0.25) is 9.59 Å². The van der Waals surface area contributed by atoms with E-state index in [1.807, 2.05) is 23.1 Å². The van der Waals surface area contributed by atoms with Gasteiger partial charge in [0, 0.05) is 43.9 Å². The third-order valence-electron chi connectivity index (χ3n) is 4.38. The highest BCUT2D eigenvalue weighted by atomic mass is 35.5. The maximum Gasteiger partial charge on any atom is 0.289 e. The highest BCUT2D eigenvalue weighted by molar-refractivity contribution is 6.30. The number of furan rings is 1. The van der Waals surface area contributed by atoms with E-state index in [-0.39, 0.29) is 11.5 Å². The molecule has 1 N–H and O–H groups in total. The third-order valence-corrected chi connectivity index (χ3v) is 4.63. The number of halogens is 1. The molecule has 8 heteroatoms.